The molecule has 1 aromatic rings. The molecule has 0 aliphatic carbocycles. The number of hydrogen-bond acceptors (Lipinski definition) is 1. The van der Waals surface area contributed by atoms with Crippen molar-refractivity contribution in [3.8, 4) is 0 Å². The van der Waals surface area contributed by atoms with Gasteiger partial charge in [-0.25, -0.2) is 0 Å². The summed E-state index contributed by atoms with van der Waals surface area (Å²) in [6.45, 7) is 9.09. The quantitative estimate of drug-likeness (QED) is 0.661. The van der Waals surface area contributed by atoms with E-state index in [-0.39, 0.29) is 0 Å². The van der Waals surface area contributed by atoms with Crippen molar-refractivity contribution in [1.29, 1.82) is 0 Å². The molecule has 1 heteroatoms. The second kappa shape index (κ2) is 5.60. The van der Waals surface area contributed by atoms with E-state index >= 15 is 0 Å². The van der Waals surface area contributed by atoms with Gasteiger partial charge in [0.15, 0.2) is 0 Å². The van der Waals surface area contributed by atoms with E-state index in [4.69, 9.17) is 0 Å². The van der Waals surface area contributed by atoms with Gasteiger partial charge in [0.1, 0.15) is 0 Å². The Morgan fingerprint density at radius 3 is 2.13 bits per heavy atom. The summed E-state index contributed by atoms with van der Waals surface area (Å²) in [6.07, 6.45) is 2.45. The van der Waals surface area contributed by atoms with Gasteiger partial charge in [-0.1, -0.05) is 39.8 Å². The highest BCUT2D eigenvalue weighted by Crippen LogP contribution is 2.23. The van der Waals surface area contributed by atoms with Crippen molar-refractivity contribution in [3.63, 3.8) is 0 Å². The Morgan fingerprint density at radius 2 is 1.67 bits per heavy atom. The van der Waals surface area contributed by atoms with E-state index in [1.807, 2.05) is 11.8 Å². The summed E-state index contributed by atoms with van der Waals surface area (Å²) in [5, 5.41) is 0. The smallest absolute Gasteiger partial charge is 0.00720 e. The average molecular weight is 222 g/mol. The fraction of sp³-hybridized carbons (Fsp3) is 0.571. The molecule has 84 valence electrons. The van der Waals surface area contributed by atoms with Crippen LogP contribution < -0.4 is 0 Å². The molecule has 0 fully saturated rings. The third kappa shape index (κ3) is 5.27. The SMILES string of the molecule is CCSc1ccc(CCC(C)(C)C)cc1. The van der Waals surface area contributed by atoms with Gasteiger partial charge in [0.05, 0.1) is 0 Å². The molecule has 0 aromatic heterocycles. The summed E-state index contributed by atoms with van der Waals surface area (Å²) < 4.78 is 0. The summed E-state index contributed by atoms with van der Waals surface area (Å²) >= 11 is 1.91. The molecule has 0 saturated carbocycles. The first kappa shape index (κ1) is 12.6. The van der Waals surface area contributed by atoms with E-state index in [9.17, 15) is 0 Å². The maximum atomic E-state index is 2.30. The minimum atomic E-state index is 0.441. The standard InChI is InChI=1S/C14H22S/c1-5-15-13-8-6-12(7-9-13)10-11-14(2,3)4/h6-9H,5,10-11H2,1-4H3. The van der Waals surface area contributed by atoms with Crippen LogP contribution in [0.2, 0.25) is 0 Å². The van der Waals surface area contributed by atoms with Gasteiger partial charge in [0.2, 0.25) is 0 Å². The molecule has 0 amide bonds. The van der Waals surface area contributed by atoms with Gasteiger partial charge in [-0.3, -0.25) is 0 Å². The topological polar surface area (TPSA) is 0 Å². The van der Waals surface area contributed by atoms with Crippen LogP contribution in [0.1, 0.15) is 39.7 Å². The Kier molecular flexibility index (Phi) is 4.72. The molecule has 0 nitrogen and oxygen atoms in total. The highest BCUT2D eigenvalue weighted by Gasteiger charge is 2.09. The van der Waals surface area contributed by atoms with Crippen LogP contribution in [-0.2, 0) is 6.42 Å². The van der Waals surface area contributed by atoms with Gasteiger partial charge in [0.25, 0.3) is 0 Å². The molecule has 0 aliphatic rings. The van der Waals surface area contributed by atoms with E-state index in [0.717, 1.165) is 5.75 Å². The summed E-state index contributed by atoms with van der Waals surface area (Å²) in [5.41, 5.74) is 1.90. The Hall–Kier alpha value is -0.430. The summed E-state index contributed by atoms with van der Waals surface area (Å²) in [6, 6.07) is 9.02. The van der Waals surface area contributed by atoms with Crippen molar-refractivity contribution in [3.05, 3.63) is 29.8 Å². The van der Waals surface area contributed by atoms with Gasteiger partial charge < -0.3 is 0 Å². The molecule has 0 N–H and O–H groups in total. The van der Waals surface area contributed by atoms with Crippen LogP contribution >= 0.6 is 11.8 Å². The van der Waals surface area contributed by atoms with Crippen molar-refractivity contribution in [2.45, 2.75) is 45.4 Å². The van der Waals surface area contributed by atoms with Crippen molar-refractivity contribution in [2.24, 2.45) is 5.41 Å². The lowest BCUT2D eigenvalue weighted by atomic mass is 9.89. The van der Waals surface area contributed by atoms with Gasteiger partial charge in [0, 0.05) is 4.90 Å². The van der Waals surface area contributed by atoms with Crippen LogP contribution in [0.25, 0.3) is 0 Å². The van der Waals surface area contributed by atoms with Crippen LogP contribution in [0, 0.1) is 5.41 Å². The Balaban J connectivity index is 2.50. The molecule has 1 rings (SSSR count). The van der Waals surface area contributed by atoms with Crippen LogP contribution in [0.3, 0.4) is 0 Å². The molecular formula is C14H22S. The third-order valence-corrected chi connectivity index (χ3v) is 3.29. The number of rotatable bonds is 4. The molecule has 0 heterocycles. The van der Waals surface area contributed by atoms with Crippen molar-refractivity contribution in [1.82, 2.24) is 0 Å². The van der Waals surface area contributed by atoms with Crippen LogP contribution in [0.15, 0.2) is 29.2 Å². The van der Waals surface area contributed by atoms with Crippen molar-refractivity contribution in [2.75, 3.05) is 5.75 Å². The fourth-order valence-electron chi connectivity index (χ4n) is 1.44. The van der Waals surface area contributed by atoms with E-state index in [0.29, 0.717) is 5.41 Å². The minimum Gasteiger partial charge on any atom is -0.126 e. The molecule has 0 atom stereocenters. The molecular weight excluding hydrogens is 200 g/mol. The zero-order valence-corrected chi connectivity index (χ0v) is 11.2. The fourth-order valence-corrected chi connectivity index (χ4v) is 2.10. The first-order valence-electron chi connectivity index (χ1n) is 5.73. The second-order valence-electron chi connectivity index (χ2n) is 5.14. The number of thioether (sulfide) groups is 1. The van der Waals surface area contributed by atoms with E-state index in [1.54, 1.807) is 0 Å². The molecule has 15 heavy (non-hydrogen) atoms. The van der Waals surface area contributed by atoms with Crippen LogP contribution in [0.5, 0.6) is 0 Å². The van der Waals surface area contributed by atoms with Gasteiger partial charge in [-0.05, 0) is 41.7 Å². The molecule has 0 unspecified atom stereocenters. The van der Waals surface area contributed by atoms with E-state index in [2.05, 4.69) is 52.0 Å². The van der Waals surface area contributed by atoms with E-state index < -0.39 is 0 Å². The maximum Gasteiger partial charge on any atom is 0.00720 e. The number of hydrogen-bond donors (Lipinski definition) is 0. The second-order valence-corrected chi connectivity index (χ2v) is 6.48. The highest BCUT2D eigenvalue weighted by atomic mass is 32.2. The lowest BCUT2D eigenvalue weighted by molar-refractivity contribution is 0.378. The molecule has 0 aliphatic heterocycles. The monoisotopic (exact) mass is 222 g/mol. The Bertz CT molecular complexity index is 279. The first-order chi connectivity index (χ1) is 7.01. The number of benzene rings is 1. The third-order valence-electron chi connectivity index (χ3n) is 2.40. The zero-order chi connectivity index (χ0) is 11.3. The summed E-state index contributed by atoms with van der Waals surface area (Å²) in [4.78, 5) is 1.39. The largest absolute Gasteiger partial charge is 0.126 e. The molecule has 0 bridgehead atoms. The molecule has 0 spiro atoms. The molecule has 1 aromatic carbocycles. The Labute approximate surface area is 98.5 Å². The van der Waals surface area contributed by atoms with Gasteiger partial charge in [-0.2, -0.15) is 0 Å². The first-order valence-corrected chi connectivity index (χ1v) is 6.71. The van der Waals surface area contributed by atoms with Crippen molar-refractivity contribution >= 4 is 11.8 Å². The van der Waals surface area contributed by atoms with E-state index in [1.165, 1.54) is 23.3 Å². The molecule has 0 saturated heterocycles. The lowest BCUT2D eigenvalue weighted by Gasteiger charge is -2.17. The summed E-state index contributed by atoms with van der Waals surface area (Å²) in [7, 11) is 0. The van der Waals surface area contributed by atoms with Crippen molar-refractivity contribution < 1.29 is 0 Å². The zero-order valence-electron chi connectivity index (χ0n) is 10.3. The Morgan fingerprint density at radius 1 is 1.07 bits per heavy atom. The molecule has 0 radical (unpaired) electrons. The van der Waals surface area contributed by atoms with Gasteiger partial charge >= 0.3 is 0 Å². The predicted octanol–water partition coefficient (Wildman–Crippen LogP) is 4.78. The highest BCUT2D eigenvalue weighted by molar-refractivity contribution is 7.99. The average Bonchev–Trinajstić information content (AvgIpc) is 2.16. The summed E-state index contributed by atoms with van der Waals surface area (Å²) in [5.74, 6) is 1.15. The lowest BCUT2D eigenvalue weighted by Crippen LogP contribution is -2.06. The normalized spacial score (nSPS) is 11.7. The predicted molar refractivity (Wildman–Crippen MR) is 70.6 cm³/mol. The maximum absolute atomic E-state index is 2.30. The van der Waals surface area contributed by atoms with Gasteiger partial charge in [-0.15, -0.1) is 11.8 Å². The number of aryl methyl sites for hydroxylation is 1. The van der Waals surface area contributed by atoms with Crippen LogP contribution in [-0.4, -0.2) is 5.75 Å². The minimum absolute atomic E-state index is 0.441. The van der Waals surface area contributed by atoms with Crippen LogP contribution in [0.4, 0.5) is 0 Å².